The van der Waals surface area contributed by atoms with Gasteiger partial charge in [-0.05, 0) is 63.4 Å². The van der Waals surface area contributed by atoms with E-state index >= 15 is 0 Å². The maximum Gasteiger partial charge on any atom is 0.262 e. The third-order valence-corrected chi connectivity index (χ3v) is 6.51. The molecule has 1 unspecified atom stereocenters. The molecule has 0 bridgehead atoms. The van der Waals surface area contributed by atoms with E-state index in [1.807, 2.05) is 39.8 Å². The van der Waals surface area contributed by atoms with E-state index in [0.717, 1.165) is 22.4 Å². The number of rotatable bonds is 8. The molecule has 8 heteroatoms. The fourth-order valence-corrected chi connectivity index (χ4v) is 4.74. The van der Waals surface area contributed by atoms with Gasteiger partial charge in [-0.25, -0.2) is 4.98 Å². The number of amides is 1. The van der Waals surface area contributed by atoms with Gasteiger partial charge in [0.1, 0.15) is 0 Å². The SMILES string of the molecule is COCCCn1c(SC(C)C(=O)Nc2c(C)cc(C)cc2C)nc2cc(Cl)ccc2c1=O. The Hall–Kier alpha value is -2.35. The van der Waals surface area contributed by atoms with Crippen LogP contribution < -0.4 is 10.9 Å². The second kappa shape index (κ2) is 10.5. The lowest BCUT2D eigenvalue weighted by Gasteiger charge is -2.18. The van der Waals surface area contributed by atoms with Crippen molar-refractivity contribution >= 4 is 45.9 Å². The minimum atomic E-state index is -0.465. The number of nitrogens with one attached hydrogen (secondary N) is 1. The molecule has 0 saturated heterocycles. The van der Waals surface area contributed by atoms with Crippen molar-refractivity contribution < 1.29 is 9.53 Å². The molecule has 1 aromatic heterocycles. The molecular formula is C24H28ClN3O3S. The number of hydrogen-bond donors (Lipinski definition) is 1. The quantitative estimate of drug-likeness (QED) is 0.279. The summed E-state index contributed by atoms with van der Waals surface area (Å²) in [5.41, 5.74) is 4.38. The molecule has 1 N–H and O–H groups in total. The number of benzene rings is 2. The van der Waals surface area contributed by atoms with Crippen molar-refractivity contribution in [3.63, 3.8) is 0 Å². The van der Waals surface area contributed by atoms with Gasteiger partial charge in [-0.1, -0.05) is 41.1 Å². The van der Waals surface area contributed by atoms with Crippen LogP contribution in [0, 0.1) is 20.8 Å². The van der Waals surface area contributed by atoms with Crippen molar-refractivity contribution in [1.82, 2.24) is 9.55 Å². The number of aromatic nitrogens is 2. The van der Waals surface area contributed by atoms with E-state index in [1.165, 1.54) is 11.8 Å². The number of fused-ring (bicyclic) bond motifs is 1. The Bertz CT molecular complexity index is 1190. The lowest BCUT2D eigenvalue weighted by molar-refractivity contribution is -0.115. The van der Waals surface area contributed by atoms with Crippen molar-refractivity contribution in [2.45, 2.75) is 51.1 Å². The smallest absolute Gasteiger partial charge is 0.262 e. The van der Waals surface area contributed by atoms with Crippen molar-refractivity contribution in [1.29, 1.82) is 0 Å². The van der Waals surface area contributed by atoms with Crippen LogP contribution in [0.5, 0.6) is 0 Å². The molecule has 0 saturated carbocycles. The Morgan fingerprint density at radius 3 is 2.56 bits per heavy atom. The molecule has 0 radical (unpaired) electrons. The van der Waals surface area contributed by atoms with Crippen LogP contribution >= 0.6 is 23.4 Å². The second-order valence-electron chi connectivity index (χ2n) is 7.88. The molecule has 3 aromatic rings. The third-order valence-electron chi connectivity index (χ3n) is 5.19. The highest BCUT2D eigenvalue weighted by atomic mass is 35.5. The first-order valence-corrected chi connectivity index (χ1v) is 11.7. The summed E-state index contributed by atoms with van der Waals surface area (Å²) in [6.07, 6.45) is 0.660. The summed E-state index contributed by atoms with van der Waals surface area (Å²) in [5, 5.41) is 4.07. The second-order valence-corrected chi connectivity index (χ2v) is 9.63. The molecule has 170 valence electrons. The monoisotopic (exact) mass is 473 g/mol. The van der Waals surface area contributed by atoms with E-state index < -0.39 is 5.25 Å². The maximum absolute atomic E-state index is 13.1. The van der Waals surface area contributed by atoms with E-state index in [9.17, 15) is 9.59 Å². The van der Waals surface area contributed by atoms with E-state index in [-0.39, 0.29) is 11.5 Å². The van der Waals surface area contributed by atoms with Gasteiger partial charge in [0.05, 0.1) is 16.2 Å². The van der Waals surface area contributed by atoms with Crippen LogP contribution in [-0.4, -0.2) is 34.4 Å². The molecule has 1 amide bonds. The highest BCUT2D eigenvalue weighted by molar-refractivity contribution is 8.00. The summed E-state index contributed by atoms with van der Waals surface area (Å²) in [5.74, 6) is -0.145. The van der Waals surface area contributed by atoms with Gasteiger partial charge in [0.25, 0.3) is 5.56 Å². The van der Waals surface area contributed by atoms with Gasteiger partial charge in [-0.2, -0.15) is 0 Å². The molecule has 2 aromatic carbocycles. The van der Waals surface area contributed by atoms with Gasteiger partial charge >= 0.3 is 0 Å². The molecule has 1 heterocycles. The van der Waals surface area contributed by atoms with Gasteiger partial charge in [0.2, 0.25) is 5.91 Å². The Kier molecular flexibility index (Phi) is 7.98. The average molecular weight is 474 g/mol. The Labute approximate surface area is 197 Å². The predicted molar refractivity (Wildman–Crippen MR) is 132 cm³/mol. The predicted octanol–water partition coefficient (Wildman–Crippen LogP) is 5.13. The van der Waals surface area contributed by atoms with Crippen LogP contribution in [0.4, 0.5) is 5.69 Å². The number of methoxy groups -OCH3 is 1. The summed E-state index contributed by atoms with van der Waals surface area (Å²) in [4.78, 5) is 30.8. The van der Waals surface area contributed by atoms with Crippen molar-refractivity contribution in [3.05, 3.63) is 62.4 Å². The molecule has 3 rings (SSSR count). The van der Waals surface area contributed by atoms with Crippen LogP contribution in [0.15, 0.2) is 40.3 Å². The average Bonchev–Trinajstić information content (AvgIpc) is 2.72. The van der Waals surface area contributed by atoms with E-state index in [2.05, 4.69) is 10.3 Å². The molecule has 0 aliphatic carbocycles. The molecule has 6 nitrogen and oxygen atoms in total. The minimum absolute atomic E-state index is 0.145. The summed E-state index contributed by atoms with van der Waals surface area (Å²) >= 11 is 7.38. The summed E-state index contributed by atoms with van der Waals surface area (Å²) in [6, 6.07) is 9.13. The number of hydrogen-bond acceptors (Lipinski definition) is 5. The molecule has 1 atom stereocenters. The number of aryl methyl sites for hydroxylation is 3. The van der Waals surface area contributed by atoms with E-state index in [1.54, 1.807) is 29.9 Å². The first-order chi connectivity index (χ1) is 15.2. The van der Waals surface area contributed by atoms with Crippen molar-refractivity contribution in [2.75, 3.05) is 19.0 Å². The maximum atomic E-state index is 13.1. The highest BCUT2D eigenvalue weighted by Gasteiger charge is 2.21. The van der Waals surface area contributed by atoms with Crippen LogP contribution in [0.25, 0.3) is 10.9 Å². The van der Waals surface area contributed by atoms with Gasteiger partial charge in [0.15, 0.2) is 5.16 Å². The Morgan fingerprint density at radius 2 is 1.91 bits per heavy atom. The third kappa shape index (κ3) is 5.52. The first-order valence-electron chi connectivity index (χ1n) is 10.5. The topological polar surface area (TPSA) is 73.2 Å². The summed E-state index contributed by atoms with van der Waals surface area (Å²) < 4.78 is 6.76. The lowest BCUT2D eigenvalue weighted by atomic mass is 10.1. The van der Waals surface area contributed by atoms with Crippen molar-refractivity contribution in [3.8, 4) is 0 Å². The van der Waals surface area contributed by atoms with Gasteiger partial charge in [0, 0.05) is 31.0 Å². The van der Waals surface area contributed by atoms with Crippen molar-refractivity contribution in [2.24, 2.45) is 0 Å². The Morgan fingerprint density at radius 1 is 1.22 bits per heavy atom. The van der Waals surface area contributed by atoms with Gasteiger partial charge in [-0.15, -0.1) is 0 Å². The highest BCUT2D eigenvalue weighted by Crippen LogP contribution is 2.27. The minimum Gasteiger partial charge on any atom is -0.385 e. The molecule has 32 heavy (non-hydrogen) atoms. The number of ether oxygens (including phenoxy) is 1. The molecule has 0 aliphatic rings. The molecule has 0 aliphatic heterocycles. The first kappa shape index (κ1) is 24.3. The van der Waals surface area contributed by atoms with Gasteiger partial charge in [-0.3, -0.25) is 14.2 Å². The number of nitrogens with zero attached hydrogens (tertiary/aromatic N) is 2. The fraction of sp³-hybridized carbons (Fsp3) is 0.375. The molecular weight excluding hydrogens is 446 g/mol. The summed E-state index contributed by atoms with van der Waals surface area (Å²) in [6.45, 7) is 8.78. The number of halogens is 1. The number of carbonyl (C=O) groups is 1. The van der Waals surface area contributed by atoms with Crippen LogP contribution in [0.3, 0.4) is 0 Å². The standard InChI is InChI=1S/C24H28ClN3O3S/c1-14-11-15(2)21(16(3)12-14)27-22(29)17(4)32-24-26-20-13-18(25)7-8-19(20)23(30)28(24)9-6-10-31-5/h7-8,11-13,17H,6,9-10H2,1-5H3,(H,27,29). The Balaban J connectivity index is 1.91. The zero-order valence-corrected chi connectivity index (χ0v) is 20.6. The fourth-order valence-electron chi connectivity index (χ4n) is 3.64. The number of carbonyl (C=O) groups excluding carboxylic acids is 1. The molecule has 0 spiro atoms. The van der Waals surface area contributed by atoms with Crippen LogP contribution in [0.1, 0.15) is 30.0 Å². The van der Waals surface area contributed by atoms with Crippen LogP contribution in [0.2, 0.25) is 5.02 Å². The normalized spacial score (nSPS) is 12.2. The zero-order valence-electron chi connectivity index (χ0n) is 19.0. The summed E-state index contributed by atoms with van der Waals surface area (Å²) in [7, 11) is 1.63. The van der Waals surface area contributed by atoms with E-state index in [4.69, 9.17) is 16.3 Å². The zero-order chi connectivity index (χ0) is 23.4. The number of thioether (sulfide) groups is 1. The van der Waals surface area contributed by atoms with E-state index in [0.29, 0.717) is 40.7 Å². The van der Waals surface area contributed by atoms with Gasteiger partial charge < -0.3 is 10.1 Å². The van der Waals surface area contributed by atoms with Crippen LogP contribution in [-0.2, 0) is 16.1 Å². The largest absolute Gasteiger partial charge is 0.385 e. The molecule has 0 fully saturated rings. The lowest BCUT2D eigenvalue weighted by Crippen LogP contribution is -2.27. The number of anilines is 1.